The zero-order chi connectivity index (χ0) is 17.3. The highest BCUT2D eigenvalue weighted by Crippen LogP contribution is 2.26. The maximum absolute atomic E-state index is 12.8. The number of carbonyl (C=O) groups excluding carboxylic acids is 2. The van der Waals surface area contributed by atoms with Gasteiger partial charge in [0.05, 0.1) is 5.56 Å². The second-order valence-corrected chi connectivity index (χ2v) is 5.84. The van der Waals surface area contributed by atoms with Crippen molar-refractivity contribution < 1.29 is 9.59 Å². The molecule has 5 nitrogen and oxygen atoms in total. The maximum Gasteiger partial charge on any atom is 0.258 e. The lowest BCUT2D eigenvalue weighted by Gasteiger charge is -2.09. The van der Waals surface area contributed by atoms with Gasteiger partial charge in [0, 0.05) is 34.9 Å². The Balaban J connectivity index is 1.94. The van der Waals surface area contributed by atoms with Gasteiger partial charge in [0.15, 0.2) is 0 Å². The van der Waals surface area contributed by atoms with Crippen molar-refractivity contribution in [3.8, 4) is 0 Å². The van der Waals surface area contributed by atoms with E-state index in [-0.39, 0.29) is 11.8 Å². The molecule has 2 amide bonds. The Labute approximate surface area is 140 Å². The normalized spacial score (nSPS) is 10.6. The third-order valence-corrected chi connectivity index (χ3v) is 3.89. The molecule has 0 atom stereocenters. The quantitative estimate of drug-likeness (QED) is 0.682. The maximum atomic E-state index is 12.8. The standard InChI is InChI=1S/C19H19N3O2/c1-11-6-4-9-16-17(11)18(12(2)20-16)19(24)22-15-8-5-7-14(10-15)21-13(3)23/h4-10,20H,1-3H3,(H,21,23)(H,22,24). The van der Waals surface area contributed by atoms with Crippen LogP contribution in [0.3, 0.4) is 0 Å². The van der Waals surface area contributed by atoms with Crippen LogP contribution in [0.2, 0.25) is 0 Å². The molecule has 5 heteroatoms. The van der Waals surface area contributed by atoms with E-state index in [2.05, 4.69) is 15.6 Å². The lowest BCUT2D eigenvalue weighted by atomic mass is 10.1. The first-order valence-corrected chi connectivity index (χ1v) is 7.72. The fourth-order valence-electron chi connectivity index (χ4n) is 2.91. The molecule has 0 radical (unpaired) electrons. The predicted molar refractivity (Wildman–Crippen MR) is 96.5 cm³/mol. The van der Waals surface area contributed by atoms with Crippen LogP contribution in [-0.4, -0.2) is 16.8 Å². The van der Waals surface area contributed by atoms with Crippen LogP contribution in [0.25, 0.3) is 10.9 Å². The second-order valence-electron chi connectivity index (χ2n) is 5.84. The van der Waals surface area contributed by atoms with Crippen molar-refractivity contribution in [2.75, 3.05) is 10.6 Å². The van der Waals surface area contributed by atoms with E-state index >= 15 is 0 Å². The molecular formula is C19H19N3O2. The van der Waals surface area contributed by atoms with E-state index in [1.54, 1.807) is 24.3 Å². The number of anilines is 2. The lowest BCUT2D eigenvalue weighted by Crippen LogP contribution is -2.13. The van der Waals surface area contributed by atoms with Gasteiger partial charge in [0.2, 0.25) is 5.91 Å². The zero-order valence-electron chi connectivity index (χ0n) is 13.9. The van der Waals surface area contributed by atoms with Gasteiger partial charge in [-0.2, -0.15) is 0 Å². The van der Waals surface area contributed by atoms with Crippen LogP contribution in [0.5, 0.6) is 0 Å². The Morgan fingerprint density at radius 2 is 1.62 bits per heavy atom. The highest BCUT2D eigenvalue weighted by Gasteiger charge is 2.17. The average Bonchev–Trinajstić information content (AvgIpc) is 2.84. The molecule has 2 aromatic carbocycles. The van der Waals surface area contributed by atoms with Crippen LogP contribution in [0.15, 0.2) is 42.5 Å². The van der Waals surface area contributed by atoms with Gasteiger partial charge in [-0.15, -0.1) is 0 Å². The smallest absolute Gasteiger partial charge is 0.258 e. The molecule has 122 valence electrons. The third kappa shape index (κ3) is 3.01. The minimum atomic E-state index is -0.173. The minimum absolute atomic E-state index is 0.151. The van der Waals surface area contributed by atoms with Crippen LogP contribution in [0.4, 0.5) is 11.4 Å². The van der Waals surface area contributed by atoms with E-state index in [0.29, 0.717) is 16.9 Å². The molecule has 1 heterocycles. The van der Waals surface area contributed by atoms with Crippen LogP contribution in [0, 0.1) is 13.8 Å². The number of carbonyl (C=O) groups is 2. The molecule has 0 fully saturated rings. The molecular weight excluding hydrogens is 302 g/mol. The van der Waals surface area contributed by atoms with E-state index in [4.69, 9.17) is 0 Å². The zero-order valence-corrected chi connectivity index (χ0v) is 13.9. The van der Waals surface area contributed by atoms with Crippen LogP contribution in [-0.2, 0) is 4.79 Å². The first kappa shape index (κ1) is 15.8. The van der Waals surface area contributed by atoms with Gasteiger partial charge in [0.1, 0.15) is 0 Å². The van der Waals surface area contributed by atoms with Crippen molar-refractivity contribution in [1.82, 2.24) is 4.98 Å². The summed E-state index contributed by atoms with van der Waals surface area (Å²) in [5.41, 5.74) is 4.75. The average molecular weight is 321 g/mol. The van der Waals surface area contributed by atoms with Crippen molar-refractivity contribution in [2.45, 2.75) is 20.8 Å². The molecule has 0 saturated heterocycles. The molecule has 3 N–H and O–H groups in total. The molecule has 0 spiro atoms. The monoisotopic (exact) mass is 321 g/mol. The molecule has 0 bridgehead atoms. The third-order valence-electron chi connectivity index (χ3n) is 3.89. The number of rotatable bonds is 3. The summed E-state index contributed by atoms with van der Waals surface area (Å²) in [7, 11) is 0. The Morgan fingerprint density at radius 3 is 2.33 bits per heavy atom. The number of H-pyrrole nitrogens is 1. The topological polar surface area (TPSA) is 74.0 Å². The van der Waals surface area contributed by atoms with Crippen molar-refractivity contribution in [1.29, 1.82) is 0 Å². The van der Waals surface area contributed by atoms with E-state index in [1.807, 2.05) is 32.0 Å². The number of hydrogen-bond acceptors (Lipinski definition) is 2. The SMILES string of the molecule is CC(=O)Nc1cccc(NC(=O)c2c(C)[nH]c3cccc(C)c23)c1. The van der Waals surface area contributed by atoms with Crippen LogP contribution < -0.4 is 10.6 Å². The number of amides is 2. The molecule has 24 heavy (non-hydrogen) atoms. The van der Waals surface area contributed by atoms with Gasteiger partial charge in [-0.3, -0.25) is 9.59 Å². The van der Waals surface area contributed by atoms with Crippen molar-refractivity contribution in [2.24, 2.45) is 0 Å². The molecule has 0 aliphatic heterocycles. The summed E-state index contributed by atoms with van der Waals surface area (Å²) in [6.45, 7) is 5.33. The lowest BCUT2D eigenvalue weighted by molar-refractivity contribution is -0.114. The van der Waals surface area contributed by atoms with Gasteiger partial charge in [0.25, 0.3) is 5.91 Å². The number of aromatic nitrogens is 1. The van der Waals surface area contributed by atoms with Crippen molar-refractivity contribution in [3.63, 3.8) is 0 Å². The van der Waals surface area contributed by atoms with Gasteiger partial charge >= 0.3 is 0 Å². The van der Waals surface area contributed by atoms with Crippen molar-refractivity contribution in [3.05, 3.63) is 59.3 Å². The predicted octanol–water partition coefficient (Wildman–Crippen LogP) is 4.00. The fraction of sp³-hybridized carbons (Fsp3) is 0.158. The number of fused-ring (bicyclic) bond motifs is 1. The summed E-state index contributed by atoms with van der Waals surface area (Å²) in [4.78, 5) is 27.2. The Morgan fingerprint density at radius 1 is 0.958 bits per heavy atom. The molecule has 3 rings (SSSR count). The van der Waals surface area contributed by atoms with Gasteiger partial charge < -0.3 is 15.6 Å². The Bertz CT molecular complexity index is 941. The summed E-state index contributed by atoms with van der Waals surface area (Å²) >= 11 is 0. The highest BCUT2D eigenvalue weighted by atomic mass is 16.2. The molecule has 0 unspecified atom stereocenters. The number of benzene rings is 2. The molecule has 0 aliphatic carbocycles. The first-order chi connectivity index (χ1) is 11.5. The van der Waals surface area contributed by atoms with Crippen molar-refractivity contribution >= 4 is 34.1 Å². The van der Waals surface area contributed by atoms with Gasteiger partial charge in [-0.25, -0.2) is 0 Å². The summed E-state index contributed by atoms with van der Waals surface area (Å²) in [6, 6.07) is 13.0. The summed E-state index contributed by atoms with van der Waals surface area (Å²) in [5, 5.41) is 6.55. The first-order valence-electron chi connectivity index (χ1n) is 7.72. The number of hydrogen-bond donors (Lipinski definition) is 3. The van der Waals surface area contributed by atoms with Crippen LogP contribution >= 0.6 is 0 Å². The molecule has 1 aromatic heterocycles. The molecule has 0 saturated carbocycles. The van der Waals surface area contributed by atoms with E-state index in [1.165, 1.54) is 6.92 Å². The largest absolute Gasteiger partial charge is 0.358 e. The Hall–Kier alpha value is -3.08. The molecule has 0 aliphatic rings. The van der Waals surface area contributed by atoms with E-state index in [9.17, 15) is 9.59 Å². The molecule has 3 aromatic rings. The fourth-order valence-corrected chi connectivity index (χ4v) is 2.91. The number of nitrogens with one attached hydrogen (secondary N) is 3. The Kier molecular flexibility index (Phi) is 4.08. The highest BCUT2D eigenvalue weighted by molar-refractivity contribution is 6.14. The second kappa shape index (κ2) is 6.20. The summed E-state index contributed by atoms with van der Waals surface area (Å²) < 4.78 is 0. The minimum Gasteiger partial charge on any atom is -0.358 e. The van der Waals surface area contributed by atoms with Gasteiger partial charge in [-0.1, -0.05) is 18.2 Å². The van der Waals surface area contributed by atoms with E-state index < -0.39 is 0 Å². The van der Waals surface area contributed by atoms with Crippen LogP contribution in [0.1, 0.15) is 28.5 Å². The summed E-state index contributed by atoms with van der Waals surface area (Å²) in [6.07, 6.45) is 0. The number of aromatic amines is 1. The number of aryl methyl sites for hydroxylation is 2. The van der Waals surface area contributed by atoms with Gasteiger partial charge in [-0.05, 0) is 43.7 Å². The summed E-state index contributed by atoms with van der Waals surface area (Å²) in [5.74, 6) is -0.324. The van der Waals surface area contributed by atoms with E-state index in [0.717, 1.165) is 22.2 Å².